The van der Waals surface area contributed by atoms with Crippen molar-refractivity contribution in [2.75, 3.05) is 7.11 Å². The summed E-state index contributed by atoms with van der Waals surface area (Å²) in [6.07, 6.45) is 21.2. The molecule has 3 nitrogen and oxygen atoms in total. The van der Waals surface area contributed by atoms with Crippen LogP contribution in [0.15, 0.2) is 47.1 Å². The van der Waals surface area contributed by atoms with E-state index in [1.165, 1.54) is 58.1 Å². The van der Waals surface area contributed by atoms with Gasteiger partial charge in [0.05, 0.1) is 7.11 Å². The standard InChI is InChI=1S/C34H56O3Si/c1-24(13-18-32(35)36-8)20-26(3)30-16-17-31-28(12-11-19-34(30,31)7)15-14-27-21-25(2)22-29(23-27)37-38(9,10)33(4,5)6/h13-15,18,20,25-26,29-31H,11-12,16-17,19,21-23H2,1-10H3/b18-13+,24-20+,27-14-,28-15+/t25-,26-,29+,30-,31+,34-/m1/s1. The molecule has 4 heteroatoms. The SMILES string of the molecule is COC(=O)/C=C/C(C)=C/[C@@H](C)[C@H]1CC[C@H]2/C(=C/C=C3/C[C@@H](C)C[C@H](O[Si](C)(C)C(C)(C)C)C3)CCC[C@]12C. The summed E-state index contributed by atoms with van der Waals surface area (Å²) < 4.78 is 11.6. The number of rotatable bonds is 7. The normalized spacial score (nSPS) is 34.1. The number of methoxy groups -OCH3 is 1. The Morgan fingerprint density at radius 3 is 2.50 bits per heavy atom. The molecule has 3 aliphatic carbocycles. The Kier molecular flexibility index (Phi) is 10.2. The summed E-state index contributed by atoms with van der Waals surface area (Å²) in [5, 5.41) is 0.258. The maximum atomic E-state index is 11.5. The molecule has 0 aromatic heterocycles. The Morgan fingerprint density at radius 1 is 1.13 bits per heavy atom. The molecule has 38 heavy (non-hydrogen) atoms. The fourth-order valence-corrected chi connectivity index (χ4v) is 8.85. The number of hydrogen-bond acceptors (Lipinski definition) is 3. The lowest BCUT2D eigenvalue weighted by Crippen LogP contribution is -2.45. The quantitative estimate of drug-likeness (QED) is 0.140. The van der Waals surface area contributed by atoms with Gasteiger partial charge in [-0.15, -0.1) is 0 Å². The molecule has 6 atom stereocenters. The molecule has 0 heterocycles. The molecule has 0 spiro atoms. The van der Waals surface area contributed by atoms with Gasteiger partial charge in [0.1, 0.15) is 0 Å². The van der Waals surface area contributed by atoms with Gasteiger partial charge in [0.15, 0.2) is 8.32 Å². The van der Waals surface area contributed by atoms with Crippen LogP contribution in [0.1, 0.15) is 99.8 Å². The van der Waals surface area contributed by atoms with Crippen LogP contribution < -0.4 is 0 Å². The van der Waals surface area contributed by atoms with E-state index in [9.17, 15) is 4.79 Å². The van der Waals surface area contributed by atoms with Crippen LogP contribution in [0.2, 0.25) is 18.1 Å². The van der Waals surface area contributed by atoms with E-state index in [1.54, 1.807) is 11.1 Å². The van der Waals surface area contributed by atoms with Gasteiger partial charge in [-0.05, 0) is 106 Å². The van der Waals surface area contributed by atoms with Gasteiger partial charge in [-0.1, -0.05) is 82.6 Å². The molecule has 0 saturated heterocycles. The first-order valence-electron chi connectivity index (χ1n) is 15.2. The van der Waals surface area contributed by atoms with Gasteiger partial charge in [0.25, 0.3) is 0 Å². The van der Waals surface area contributed by atoms with E-state index in [-0.39, 0.29) is 11.0 Å². The minimum Gasteiger partial charge on any atom is -0.466 e. The lowest BCUT2D eigenvalue weighted by Gasteiger charge is -2.44. The average Bonchev–Trinajstić information content (AvgIpc) is 3.17. The van der Waals surface area contributed by atoms with Gasteiger partial charge in [-0.2, -0.15) is 0 Å². The maximum absolute atomic E-state index is 11.5. The van der Waals surface area contributed by atoms with Crippen molar-refractivity contribution in [1.29, 1.82) is 0 Å². The van der Waals surface area contributed by atoms with Crippen molar-refractivity contribution in [2.24, 2.45) is 29.1 Å². The van der Waals surface area contributed by atoms with Crippen molar-refractivity contribution in [2.45, 2.75) is 124 Å². The number of carbonyl (C=O) groups excluding carboxylic acids is 1. The summed E-state index contributed by atoms with van der Waals surface area (Å²) >= 11 is 0. The zero-order valence-corrected chi connectivity index (χ0v) is 27.2. The van der Waals surface area contributed by atoms with Crippen molar-refractivity contribution in [1.82, 2.24) is 0 Å². The number of fused-ring (bicyclic) bond motifs is 1. The largest absolute Gasteiger partial charge is 0.466 e. The van der Waals surface area contributed by atoms with Crippen LogP contribution in [0.25, 0.3) is 0 Å². The molecule has 0 radical (unpaired) electrons. The molecule has 0 aromatic carbocycles. The first kappa shape index (κ1) is 31.1. The van der Waals surface area contributed by atoms with Crippen molar-refractivity contribution >= 4 is 14.3 Å². The van der Waals surface area contributed by atoms with Crippen LogP contribution in [0, 0.1) is 29.1 Å². The molecule has 0 N–H and O–H groups in total. The Balaban J connectivity index is 1.73. The summed E-state index contributed by atoms with van der Waals surface area (Å²) in [5.41, 5.74) is 4.78. The molecule has 3 saturated carbocycles. The zero-order valence-electron chi connectivity index (χ0n) is 26.2. The predicted octanol–water partition coefficient (Wildman–Crippen LogP) is 9.58. The van der Waals surface area contributed by atoms with Crippen molar-refractivity contribution in [3.05, 3.63) is 47.1 Å². The number of allylic oxidation sites excluding steroid dienone is 6. The fraction of sp³-hybridized carbons (Fsp3) is 0.735. The molecule has 214 valence electrons. The van der Waals surface area contributed by atoms with Gasteiger partial charge < -0.3 is 9.16 Å². The van der Waals surface area contributed by atoms with Gasteiger partial charge in [0, 0.05) is 12.2 Å². The van der Waals surface area contributed by atoms with E-state index in [4.69, 9.17) is 9.16 Å². The highest BCUT2D eigenvalue weighted by Crippen LogP contribution is 2.59. The van der Waals surface area contributed by atoms with E-state index in [1.807, 2.05) is 6.08 Å². The highest BCUT2D eigenvalue weighted by molar-refractivity contribution is 6.74. The van der Waals surface area contributed by atoms with E-state index in [0.717, 1.165) is 12.0 Å². The van der Waals surface area contributed by atoms with Crippen LogP contribution in [0.3, 0.4) is 0 Å². The molecule has 0 unspecified atom stereocenters. The van der Waals surface area contributed by atoms with E-state index in [2.05, 4.69) is 79.8 Å². The average molecular weight is 541 g/mol. The number of carbonyl (C=O) groups is 1. The Bertz CT molecular complexity index is 963. The monoisotopic (exact) mass is 540 g/mol. The first-order valence-corrected chi connectivity index (χ1v) is 18.1. The van der Waals surface area contributed by atoms with Gasteiger partial charge >= 0.3 is 5.97 Å². The minimum absolute atomic E-state index is 0.258. The lowest BCUT2D eigenvalue weighted by atomic mass is 9.61. The molecule has 0 aromatic rings. The van der Waals surface area contributed by atoms with Crippen LogP contribution in [-0.4, -0.2) is 27.5 Å². The fourth-order valence-electron chi connectivity index (χ4n) is 7.48. The number of ether oxygens (including phenoxy) is 1. The molecule has 3 rings (SSSR count). The Hall–Kier alpha value is -1.39. The third-order valence-corrected chi connectivity index (χ3v) is 15.0. The van der Waals surface area contributed by atoms with Crippen molar-refractivity contribution in [3.63, 3.8) is 0 Å². The third kappa shape index (κ3) is 7.41. The highest BCUT2D eigenvalue weighted by atomic mass is 28.4. The second kappa shape index (κ2) is 12.4. The number of hydrogen-bond donors (Lipinski definition) is 0. The van der Waals surface area contributed by atoms with Crippen LogP contribution in [0.4, 0.5) is 0 Å². The Labute approximate surface area is 235 Å². The molecule has 3 fully saturated rings. The third-order valence-electron chi connectivity index (χ3n) is 10.4. The molecular weight excluding hydrogens is 484 g/mol. The summed E-state index contributed by atoms with van der Waals surface area (Å²) in [4.78, 5) is 11.5. The van der Waals surface area contributed by atoms with E-state index < -0.39 is 8.32 Å². The first-order chi connectivity index (χ1) is 17.7. The van der Waals surface area contributed by atoms with Gasteiger partial charge in [0.2, 0.25) is 0 Å². The molecule has 0 amide bonds. The summed E-state index contributed by atoms with van der Waals surface area (Å²) in [6, 6.07) is 0. The van der Waals surface area contributed by atoms with E-state index >= 15 is 0 Å². The highest BCUT2D eigenvalue weighted by Gasteiger charge is 2.50. The zero-order chi connectivity index (χ0) is 28.3. The molecular formula is C34H56O3Si. The van der Waals surface area contributed by atoms with Crippen LogP contribution in [0.5, 0.6) is 0 Å². The summed E-state index contributed by atoms with van der Waals surface area (Å²) in [6.45, 7) is 21.3. The van der Waals surface area contributed by atoms with Crippen LogP contribution in [-0.2, 0) is 14.0 Å². The van der Waals surface area contributed by atoms with Crippen molar-refractivity contribution < 1.29 is 14.0 Å². The smallest absolute Gasteiger partial charge is 0.330 e. The van der Waals surface area contributed by atoms with Gasteiger partial charge in [-0.3, -0.25) is 0 Å². The number of esters is 1. The lowest BCUT2D eigenvalue weighted by molar-refractivity contribution is -0.134. The topological polar surface area (TPSA) is 35.5 Å². The van der Waals surface area contributed by atoms with Gasteiger partial charge in [-0.25, -0.2) is 4.79 Å². The molecule has 0 aliphatic heterocycles. The van der Waals surface area contributed by atoms with Crippen LogP contribution >= 0.6 is 0 Å². The van der Waals surface area contributed by atoms with Crippen molar-refractivity contribution in [3.8, 4) is 0 Å². The predicted molar refractivity (Wildman–Crippen MR) is 163 cm³/mol. The molecule has 3 aliphatic rings. The second-order valence-electron chi connectivity index (χ2n) is 14.5. The minimum atomic E-state index is -1.75. The summed E-state index contributed by atoms with van der Waals surface area (Å²) in [7, 11) is -0.327. The Morgan fingerprint density at radius 2 is 1.84 bits per heavy atom. The maximum Gasteiger partial charge on any atom is 0.330 e. The van der Waals surface area contributed by atoms with E-state index in [0.29, 0.717) is 35.2 Å². The molecule has 0 bridgehead atoms. The summed E-state index contributed by atoms with van der Waals surface area (Å²) in [5.74, 6) is 2.28. The second-order valence-corrected chi connectivity index (χ2v) is 19.3.